The van der Waals surface area contributed by atoms with Crippen molar-refractivity contribution in [3.8, 4) is 0 Å². The Labute approximate surface area is 325 Å². The molecule has 1 aliphatic heterocycles. The van der Waals surface area contributed by atoms with Crippen LogP contribution in [-0.4, -0.2) is 130 Å². The highest BCUT2D eigenvalue weighted by Crippen LogP contribution is 2.31. The first-order valence-electron chi connectivity index (χ1n) is 19.2. The normalized spacial score (nSPS) is 20.3. The van der Waals surface area contributed by atoms with Crippen LogP contribution in [0.4, 0.5) is 8.78 Å². The zero-order valence-electron chi connectivity index (χ0n) is 34.9. The summed E-state index contributed by atoms with van der Waals surface area (Å²) in [5.74, 6) is -5.72. The lowest BCUT2D eigenvalue weighted by molar-refractivity contribution is -0.148. The number of ether oxygens (including phenoxy) is 3. The molecule has 1 aromatic rings. The van der Waals surface area contributed by atoms with Gasteiger partial charge >= 0.3 is 0 Å². The van der Waals surface area contributed by atoms with Crippen LogP contribution in [0, 0.1) is 35.3 Å². The smallest absolute Gasteiger partial charge is 0.245 e. The maximum Gasteiger partial charge on any atom is 0.245 e. The Morgan fingerprint density at radius 3 is 1.95 bits per heavy atom. The first kappa shape index (κ1) is 47.6. The van der Waals surface area contributed by atoms with Crippen molar-refractivity contribution in [3.05, 3.63) is 35.4 Å². The minimum absolute atomic E-state index is 0.00568. The van der Waals surface area contributed by atoms with Crippen LogP contribution in [-0.2, 0) is 33.4 Å². The average Bonchev–Trinajstić information content (AvgIpc) is 3.57. The highest BCUT2D eigenvalue weighted by molar-refractivity contribution is 6.02. The van der Waals surface area contributed by atoms with Gasteiger partial charge in [0.15, 0.2) is 5.78 Å². The molecule has 312 valence electrons. The molecule has 13 nitrogen and oxygen atoms in total. The van der Waals surface area contributed by atoms with Crippen LogP contribution in [0.1, 0.15) is 85.0 Å². The summed E-state index contributed by atoms with van der Waals surface area (Å²) >= 11 is 0. The second-order valence-corrected chi connectivity index (χ2v) is 15.4. The van der Waals surface area contributed by atoms with Crippen LogP contribution >= 0.6 is 0 Å². The Hall–Kier alpha value is -3.53. The molecule has 1 aromatic carbocycles. The number of likely N-dealkylation sites (N-methyl/N-ethyl adjacent to an activating group) is 2. The molecule has 0 saturated carbocycles. The molecule has 0 bridgehead atoms. The Kier molecular flexibility index (Phi) is 18.8. The van der Waals surface area contributed by atoms with Crippen LogP contribution in [0.2, 0.25) is 0 Å². The van der Waals surface area contributed by atoms with Crippen molar-refractivity contribution in [2.45, 2.75) is 123 Å². The lowest BCUT2D eigenvalue weighted by Gasteiger charge is -2.41. The van der Waals surface area contributed by atoms with E-state index in [2.05, 4.69) is 16.0 Å². The molecule has 1 heterocycles. The van der Waals surface area contributed by atoms with Crippen LogP contribution in [0.5, 0.6) is 0 Å². The van der Waals surface area contributed by atoms with E-state index in [0.717, 1.165) is 18.2 Å². The van der Waals surface area contributed by atoms with Gasteiger partial charge in [0.05, 0.1) is 60.4 Å². The molecule has 3 N–H and O–H groups in total. The van der Waals surface area contributed by atoms with E-state index in [1.165, 1.54) is 28.3 Å². The van der Waals surface area contributed by atoms with Gasteiger partial charge in [-0.25, -0.2) is 8.78 Å². The number of likely N-dealkylation sites (tertiary alicyclic amines) is 1. The fraction of sp³-hybridized carbons (Fsp3) is 0.725. The highest BCUT2D eigenvalue weighted by Gasteiger charge is 2.46. The number of nitrogens with zero attached hydrogens (tertiary/aromatic N) is 2. The molecular formula is C40H65F2N5O8. The van der Waals surface area contributed by atoms with Gasteiger partial charge in [-0.15, -0.1) is 0 Å². The summed E-state index contributed by atoms with van der Waals surface area (Å²) in [4.78, 5) is 71.3. The Balaban J connectivity index is 2.34. The van der Waals surface area contributed by atoms with Crippen LogP contribution in [0.3, 0.4) is 0 Å². The molecule has 15 heteroatoms. The lowest BCUT2D eigenvalue weighted by Crippen LogP contribution is -2.59. The number of benzene rings is 1. The number of amides is 4. The molecule has 10 atom stereocenters. The molecule has 0 aromatic heterocycles. The third kappa shape index (κ3) is 11.7. The number of carbonyl (C=O) groups is 5. The fourth-order valence-corrected chi connectivity index (χ4v) is 7.56. The Morgan fingerprint density at radius 1 is 0.891 bits per heavy atom. The number of Topliss-reactive ketones (excluding diaryl/α,β-unsaturated/α-hetero) is 1. The van der Waals surface area contributed by atoms with Gasteiger partial charge in [0.1, 0.15) is 17.7 Å². The van der Waals surface area contributed by atoms with Gasteiger partial charge in [-0.2, -0.15) is 0 Å². The second-order valence-electron chi connectivity index (χ2n) is 15.4. The van der Waals surface area contributed by atoms with Crippen molar-refractivity contribution < 1.29 is 47.0 Å². The summed E-state index contributed by atoms with van der Waals surface area (Å²) in [5, 5.41) is 8.53. The van der Waals surface area contributed by atoms with Crippen molar-refractivity contribution in [2.24, 2.45) is 23.7 Å². The maximum atomic E-state index is 14.3. The van der Waals surface area contributed by atoms with E-state index in [9.17, 15) is 32.8 Å². The summed E-state index contributed by atoms with van der Waals surface area (Å²) in [6.45, 7) is 14.7. The summed E-state index contributed by atoms with van der Waals surface area (Å²) in [7, 11) is 7.81. The number of carbonyl (C=O) groups excluding carboxylic acids is 5. The minimum Gasteiger partial charge on any atom is -0.380 e. The minimum atomic E-state index is -1.25. The Bertz CT molecular complexity index is 1440. The zero-order chi connectivity index (χ0) is 41.9. The molecule has 55 heavy (non-hydrogen) atoms. The van der Waals surface area contributed by atoms with Gasteiger partial charge < -0.3 is 40.0 Å². The van der Waals surface area contributed by atoms with Gasteiger partial charge in [-0.05, 0) is 50.3 Å². The highest BCUT2D eigenvalue weighted by atomic mass is 19.1. The van der Waals surface area contributed by atoms with Crippen molar-refractivity contribution in [1.29, 1.82) is 0 Å². The van der Waals surface area contributed by atoms with Crippen molar-refractivity contribution in [3.63, 3.8) is 0 Å². The maximum absolute atomic E-state index is 14.3. The van der Waals surface area contributed by atoms with E-state index in [4.69, 9.17) is 14.2 Å². The first-order chi connectivity index (χ1) is 25.8. The van der Waals surface area contributed by atoms with E-state index in [1.807, 2.05) is 41.5 Å². The van der Waals surface area contributed by atoms with E-state index in [0.29, 0.717) is 12.8 Å². The standard InChI is InChI=1S/C40H65F2N5O8/c1-14-23(6)35(46(10)40(52)34(22(4)5)45-39(51)33(43-9)21(2)3)30(54-12)19-31(48)47-20-26(53-11)18-29(47)37(55-13)24(7)38(50)44-25(8)36(49)32-27(41)16-15-17-28(32)42/h15-17,21-26,29-30,33-35,37,43H,14,18-20H2,1-13H3,(H,44,50)(H,45,51)/t23-,24+,25+,26+,29?,30+,33-,34-,35-,37+/m0/s1. The molecule has 0 aliphatic carbocycles. The fourth-order valence-electron chi connectivity index (χ4n) is 7.56. The third-order valence-electron chi connectivity index (χ3n) is 11.0. The summed E-state index contributed by atoms with van der Waals surface area (Å²) in [5.41, 5.74) is -0.740. The second kappa shape index (κ2) is 21.7. The van der Waals surface area contributed by atoms with Crippen LogP contribution < -0.4 is 16.0 Å². The lowest BCUT2D eigenvalue weighted by atomic mass is 9.89. The molecule has 4 amide bonds. The molecule has 1 saturated heterocycles. The van der Waals surface area contributed by atoms with Crippen molar-refractivity contribution >= 4 is 29.4 Å². The van der Waals surface area contributed by atoms with E-state index < -0.39 is 77.2 Å². The SMILES string of the molecule is CC[C@H](C)[C@@H]([C@@H](CC(=O)N1C[C@H](OC)CC1[C@H](OC)[C@@H](C)C(=O)N[C@H](C)C(=O)c1c(F)cccc1F)OC)N(C)C(=O)[C@@H](NC(=O)[C@@H](NC)C(C)C)C(C)C. The molecule has 1 fully saturated rings. The molecule has 1 aliphatic rings. The predicted molar refractivity (Wildman–Crippen MR) is 205 cm³/mol. The number of hydrogen-bond donors (Lipinski definition) is 3. The van der Waals surface area contributed by atoms with Gasteiger partial charge in [0.25, 0.3) is 0 Å². The molecule has 0 spiro atoms. The van der Waals surface area contributed by atoms with Crippen molar-refractivity contribution in [1.82, 2.24) is 25.8 Å². The zero-order valence-corrected chi connectivity index (χ0v) is 34.9. The van der Waals surface area contributed by atoms with Gasteiger partial charge in [-0.1, -0.05) is 61.0 Å². The largest absolute Gasteiger partial charge is 0.380 e. The molecule has 2 rings (SSSR count). The summed E-state index contributed by atoms with van der Waals surface area (Å²) in [6, 6.07) is -0.653. The monoisotopic (exact) mass is 781 g/mol. The van der Waals surface area contributed by atoms with Gasteiger partial charge in [0, 0.05) is 34.9 Å². The average molecular weight is 782 g/mol. The predicted octanol–water partition coefficient (Wildman–Crippen LogP) is 3.58. The van der Waals surface area contributed by atoms with Crippen molar-refractivity contribution in [2.75, 3.05) is 42.0 Å². The number of rotatable bonds is 21. The van der Waals surface area contributed by atoms with Crippen LogP contribution in [0.15, 0.2) is 18.2 Å². The first-order valence-corrected chi connectivity index (χ1v) is 19.2. The van der Waals surface area contributed by atoms with Gasteiger partial charge in [-0.3, -0.25) is 24.0 Å². The number of ketones is 1. The quantitative estimate of drug-likeness (QED) is 0.159. The molecule has 0 radical (unpaired) electrons. The summed E-state index contributed by atoms with van der Waals surface area (Å²) < 4.78 is 46.1. The van der Waals surface area contributed by atoms with Gasteiger partial charge in [0.2, 0.25) is 23.6 Å². The topological polar surface area (TPSA) is 156 Å². The van der Waals surface area contributed by atoms with E-state index >= 15 is 0 Å². The number of nitrogens with one attached hydrogen (secondary N) is 3. The molecular weight excluding hydrogens is 716 g/mol. The summed E-state index contributed by atoms with van der Waals surface area (Å²) in [6.07, 6.45) is -1.06. The number of halogens is 2. The Morgan fingerprint density at radius 2 is 1.47 bits per heavy atom. The third-order valence-corrected chi connectivity index (χ3v) is 11.0. The van der Waals surface area contributed by atoms with Crippen LogP contribution in [0.25, 0.3) is 0 Å². The van der Waals surface area contributed by atoms with E-state index in [1.54, 1.807) is 30.8 Å². The van der Waals surface area contributed by atoms with E-state index in [-0.39, 0.29) is 54.5 Å². The molecule has 1 unspecified atom stereocenters. The number of methoxy groups -OCH3 is 3. The number of hydrogen-bond acceptors (Lipinski definition) is 9.